The zero-order valence-electron chi connectivity index (χ0n) is 10.9. The van der Waals surface area contributed by atoms with Crippen molar-refractivity contribution in [2.24, 2.45) is 5.73 Å². The van der Waals surface area contributed by atoms with E-state index in [-0.39, 0.29) is 5.91 Å². The number of rotatable bonds is 5. The van der Waals surface area contributed by atoms with E-state index in [4.69, 9.17) is 17.3 Å². The van der Waals surface area contributed by atoms with Crippen molar-refractivity contribution in [1.82, 2.24) is 4.90 Å². The Morgan fingerprint density at radius 3 is 3.00 bits per heavy atom. The highest BCUT2D eigenvalue weighted by Crippen LogP contribution is 2.21. The van der Waals surface area contributed by atoms with Gasteiger partial charge in [-0.25, -0.2) is 0 Å². The van der Waals surface area contributed by atoms with Crippen molar-refractivity contribution >= 4 is 23.2 Å². The third kappa shape index (κ3) is 3.93. The first kappa shape index (κ1) is 14.3. The molecule has 2 rings (SSSR count). The summed E-state index contributed by atoms with van der Waals surface area (Å²) in [5.74, 6) is -0.00392. The average molecular weight is 282 g/mol. The van der Waals surface area contributed by atoms with Crippen LogP contribution in [0.4, 0.5) is 5.69 Å². The first-order chi connectivity index (χ1) is 9.20. The number of anilines is 1. The normalized spacial score (nSPS) is 19.6. The average Bonchev–Trinajstić information content (AvgIpc) is 2.86. The van der Waals surface area contributed by atoms with E-state index >= 15 is 0 Å². The lowest BCUT2D eigenvalue weighted by Gasteiger charge is -2.22. The number of halogens is 1. The molecule has 1 fully saturated rings. The summed E-state index contributed by atoms with van der Waals surface area (Å²) in [6.07, 6.45) is 2.79. The smallest absolute Gasteiger partial charge is 0.225 e. The lowest BCUT2D eigenvalue weighted by atomic mass is 10.2. The van der Waals surface area contributed by atoms with Crippen LogP contribution in [0.25, 0.3) is 0 Å². The third-order valence-electron chi connectivity index (χ3n) is 3.55. The van der Waals surface area contributed by atoms with Gasteiger partial charge in [-0.1, -0.05) is 23.7 Å². The molecule has 3 N–H and O–H groups in total. The topological polar surface area (TPSA) is 58.4 Å². The fraction of sp³-hybridized carbons (Fsp3) is 0.500. The SMILES string of the molecule is NCC1CCCN1CCC(=O)Nc1ccccc1Cl. The molecular formula is C14H20ClN3O. The summed E-state index contributed by atoms with van der Waals surface area (Å²) in [6.45, 7) is 2.48. The third-order valence-corrected chi connectivity index (χ3v) is 3.87. The van der Waals surface area contributed by atoms with Crippen LogP contribution in [-0.2, 0) is 4.79 Å². The maximum absolute atomic E-state index is 11.9. The minimum Gasteiger partial charge on any atom is -0.329 e. The van der Waals surface area contributed by atoms with Crippen LogP contribution in [-0.4, -0.2) is 36.5 Å². The Hall–Kier alpha value is -1.10. The molecule has 4 nitrogen and oxygen atoms in total. The summed E-state index contributed by atoms with van der Waals surface area (Å²) in [7, 11) is 0. The summed E-state index contributed by atoms with van der Waals surface area (Å²) in [6, 6.07) is 7.70. The van der Waals surface area contributed by atoms with Gasteiger partial charge in [0.15, 0.2) is 0 Å². The van der Waals surface area contributed by atoms with Crippen molar-refractivity contribution in [1.29, 1.82) is 0 Å². The number of benzene rings is 1. The van der Waals surface area contributed by atoms with Gasteiger partial charge in [0.1, 0.15) is 0 Å². The Morgan fingerprint density at radius 1 is 1.47 bits per heavy atom. The first-order valence-corrected chi connectivity index (χ1v) is 7.07. The number of nitrogens with one attached hydrogen (secondary N) is 1. The van der Waals surface area contributed by atoms with Crippen LogP contribution in [0, 0.1) is 0 Å². The monoisotopic (exact) mass is 281 g/mol. The molecule has 1 aromatic carbocycles. The van der Waals surface area contributed by atoms with E-state index in [1.807, 2.05) is 12.1 Å². The van der Waals surface area contributed by atoms with Crippen molar-refractivity contribution in [2.45, 2.75) is 25.3 Å². The largest absolute Gasteiger partial charge is 0.329 e. The number of likely N-dealkylation sites (tertiary alicyclic amines) is 1. The van der Waals surface area contributed by atoms with Gasteiger partial charge < -0.3 is 11.1 Å². The van der Waals surface area contributed by atoms with Crippen LogP contribution in [0.2, 0.25) is 5.02 Å². The van der Waals surface area contributed by atoms with Crippen LogP contribution in [0.1, 0.15) is 19.3 Å². The number of carbonyl (C=O) groups excluding carboxylic acids is 1. The van der Waals surface area contributed by atoms with Crippen LogP contribution in [0.3, 0.4) is 0 Å². The lowest BCUT2D eigenvalue weighted by Crippen LogP contribution is -2.37. The van der Waals surface area contributed by atoms with E-state index < -0.39 is 0 Å². The second-order valence-corrected chi connectivity index (χ2v) is 5.25. The van der Waals surface area contributed by atoms with Gasteiger partial charge >= 0.3 is 0 Å². The molecule has 1 amide bonds. The fourth-order valence-corrected chi connectivity index (χ4v) is 2.66. The highest BCUT2D eigenvalue weighted by Gasteiger charge is 2.23. The van der Waals surface area contributed by atoms with Crippen molar-refractivity contribution in [3.05, 3.63) is 29.3 Å². The Bertz CT molecular complexity index is 438. The van der Waals surface area contributed by atoms with Gasteiger partial charge in [0.2, 0.25) is 5.91 Å². The summed E-state index contributed by atoms with van der Waals surface area (Å²) in [5.41, 5.74) is 6.39. The number of carbonyl (C=O) groups is 1. The lowest BCUT2D eigenvalue weighted by molar-refractivity contribution is -0.116. The molecule has 1 atom stereocenters. The molecule has 0 saturated carbocycles. The van der Waals surface area contributed by atoms with Gasteiger partial charge in [0.05, 0.1) is 10.7 Å². The molecule has 1 unspecified atom stereocenters. The van der Waals surface area contributed by atoms with Crippen LogP contribution in [0.5, 0.6) is 0 Å². The van der Waals surface area contributed by atoms with Crippen molar-refractivity contribution < 1.29 is 4.79 Å². The van der Waals surface area contributed by atoms with Crippen molar-refractivity contribution in [3.63, 3.8) is 0 Å². The number of amides is 1. The molecule has 0 bridgehead atoms. The minimum atomic E-state index is -0.00392. The molecule has 19 heavy (non-hydrogen) atoms. The molecule has 1 aliphatic heterocycles. The molecule has 104 valence electrons. The standard InChI is InChI=1S/C14H20ClN3O/c15-12-5-1-2-6-13(12)17-14(19)7-9-18-8-3-4-11(18)10-16/h1-2,5-6,11H,3-4,7-10,16H2,(H,17,19). The second-order valence-electron chi connectivity index (χ2n) is 4.85. The van der Waals surface area contributed by atoms with Gasteiger partial charge in [-0.15, -0.1) is 0 Å². The highest BCUT2D eigenvalue weighted by molar-refractivity contribution is 6.33. The molecule has 1 heterocycles. The first-order valence-electron chi connectivity index (χ1n) is 6.69. The van der Waals surface area contributed by atoms with Gasteiger partial charge in [0.25, 0.3) is 0 Å². The summed E-state index contributed by atoms with van der Waals surface area (Å²) < 4.78 is 0. The molecule has 0 radical (unpaired) electrons. The molecule has 1 aromatic rings. The van der Waals surface area contributed by atoms with Gasteiger partial charge in [-0.3, -0.25) is 9.69 Å². The maximum Gasteiger partial charge on any atom is 0.225 e. The Kier molecular flexibility index (Phi) is 5.19. The minimum absolute atomic E-state index is 0.00392. The Labute approximate surface area is 118 Å². The molecular weight excluding hydrogens is 262 g/mol. The Morgan fingerprint density at radius 2 is 2.26 bits per heavy atom. The van der Waals surface area contributed by atoms with E-state index in [0.29, 0.717) is 29.7 Å². The summed E-state index contributed by atoms with van der Waals surface area (Å²) >= 11 is 6.00. The van der Waals surface area contributed by atoms with Crippen LogP contribution >= 0.6 is 11.6 Å². The number of nitrogens with zero attached hydrogens (tertiary/aromatic N) is 1. The number of para-hydroxylation sites is 1. The predicted octanol–water partition coefficient (Wildman–Crippen LogP) is 2.09. The van der Waals surface area contributed by atoms with Gasteiger partial charge in [0, 0.05) is 25.6 Å². The fourth-order valence-electron chi connectivity index (χ4n) is 2.48. The summed E-state index contributed by atoms with van der Waals surface area (Å²) in [5, 5.41) is 3.40. The molecule has 0 spiro atoms. The van der Waals surface area contributed by atoms with E-state index in [1.165, 1.54) is 6.42 Å². The van der Waals surface area contributed by atoms with Gasteiger partial charge in [-0.05, 0) is 31.5 Å². The van der Waals surface area contributed by atoms with Crippen LogP contribution < -0.4 is 11.1 Å². The van der Waals surface area contributed by atoms with Crippen LogP contribution in [0.15, 0.2) is 24.3 Å². The zero-order valence-corrected chi connectivity index (χ0v) is 11.7. The Balaban J connectivity index is 1.80. The van der Waals surface area contributed by atoms with E-state index in [2.05, 4.69) is 10.2 Å². The maximum atomic E-state index is 11.9. The quantitative estimate of drug-likeness (QED) is 0.869. The second kappa shape index (κ2) is 6.89. The molecule has 0 aliphatic carbocycles. The highest BCUT2D eigenvalue weighted by atomic mass is 35.5. The number of hydrogen-bond acceptors (Lipinski definition) is 3. The van der Waals surface area contributed by atoms with Crippen molar-refractivity contribution in [3.8, 4) is 0 Å². The molecule has 1 aliphatic rings. The van der Waals surface area contributed by atoms with E-state index in [0.717, 1.165) is 19.5 Å². The zero-order chi connectivity index (χ0) is 13.7. The molecule has 5 heteroatoms. The van der Waals surface area contributed by atoms with E-state index in [9.17, 15) is 4.79 Å². The molecule has 0 aromatic heterocycles. The summed E-state index contributed by atoms with van der Waals surface area (Å²) in [4.78, 5) is 14.2. The number of hydrogen-bond donors (Lipinski definition) is 2. The van der Waals surface area contributed by atoms with Crippen molar-refractivity contribution in [2.75, 3.05) is 25.0 Å². The molecule has 1 saturated heterocycles. The number of nitrogens with two attached hydrogens (primary N) is 1. The van der Waals surface area contributed by atoms with E-state index in [1.54, 1.807) is 12.1 Å². The van der Waals surface area contributed by atoms with Gasteiger partial charge in [-0.2, -0.15) is 0 Å². The predicted molar refractivity (Wildman–Crippen MR) is 78.3 cm³/mol.